The van der Waals surface area contributed by atoms with Gasteiger partial charge in [0.1, 0.15) is 0 Å². The summed E-state index contributed by atoms with van der Waals surface area (Å²) in [7, 11) is 0. The maximum atomic E-state index is 11.6. The molecule has 0 spiro atoms. The van der Waals surface area contributed by atoms with Crippen LogP contribution in [0.3, 0.4) is 0 Å². The van der Waals surface area contributed by atoms with Gasteiger partial charge < -0.3 is 10.4 Å². The molecule has 2 atom stereocenters. The van der Waals surface area contributed by atoms with Gasteiger partial charge in [-0.2, -0.15) is 0 Å². The molecule has 0 aromatic carbocycles. The lowest BCUT2D eigenvalue weighted by Gasteiger charge is -2.12. The molecule has 1 aliphatic rings. The molecule has 1 fully saturated rings. The van der Waals surface area contributed by atoms with Crippen LogP contribution >= 0.6 is 0 Å². The number of hydrogen-bond acceptors (Lipinski definition) is 3. The zero-order valence-electron chi connectivity index (χ0n) is 6.27. The van der Waals surface area contributed by atoms with Crippen LogP contribution < -0.4 is 5.32 Å². The van der Waals surface area contributed by atoms with Crippen LogP contribution in [0.15, 0.2) is 0 Å². The van der Waals surface area contributed by atoms with E-state index in [2.05, 4.69) is 10.1 Å². The summed E-state index contributed by atoms with van der Waals surface area (Å²) >= 11 is 0. The van der Waals surface area contributed by atoms with E-state index in [1.54, 1.807) is 0 Å². The minimum atomic E-state index is -4.57. The predicted octanol–water partition coefficient (Wildman–Crippen LogP) is 0.246. The Morgan fingerprint density at radius 2 is 2.17 bits per heavy atom. The zero-order valence-corrected chi connectivity index (χ0v) is 6.27. The fourth-order valence-corrected chi connectivity index (χ4v) is 1.20. The molecule has 0 amide bonds. The molecule has 0 aliphatic carbocycles. The molecule has 0 aromatic rings. The summed E-state index contributed by atoms with van der Waals surface area (Å²) in [4.78, 5) is 0. The van der Waals surface area contributed by atoms with Crippen LogP contribution in [0.2, 0.25) is 0 Å². The van der Waals surface area contributed by atoms with E-state index in [0.717, 1.165) is 0 Å². The van der Waals surface area contributed by atoms with E-state index in [0.29, 0.717) is 0 Å². The standard InChI is InChI=1S/C6H10F3NO2/c7-6(8,9)12-5-1-4(3-11)10-2-5/h4-5,10-11H,1-3H2/t4-,5+/m0/s1. The molecular formula is C6H10F3NO2. The molecule has 1 rings (SSSR count). The van der Waals surface area contributed by atoms with Crippen LogP contribution in [0.25, 0.3) is 0 Å². The quantitative estimate of drug-likeness (QED) is 0.647. The molecule has 1 aliphatic heterocycles. The van der Waals surface area contributed by atoms with E-state index in [1.807, 2.05) is 0 Å². The first-order valence-corrected chi connectivity index (χ1v) is 3.60. The Hall–Kier alpha value is -0.330. The molecule has 0 unspecified atom stereocenters. The number of ether oxygens (including phenoxy) is 1. The van der Waals surface area contributed by atoms with Gasteiger partial charge in [-0.3, -0.25) is 4.74 Å². The third-order valence-electron chi connectivity index (χ3n) is 1.70. The van der Waals surface area contributed by atoms with Gasteiger partial charge in [0.25, 0.3) is 0 Å². The van der Waals surface area contributed by atoms with Crippen molar-refractivity contribution in [1.29, 1.82) is 0 Å². The fourth-order valence-electron chi connectivity index (χ4n) is 1.20. The highest BCUT2D eigenvalue weighted by Crippen LogP contribution is 2.22. The van der Waals surface area contributed by atoms with Gasteiger partial charge in [-0.25, -0.2) is 0 Å². The second kappa shape index (κ2) is 3.59. The van der Waals surface area contributed by atoms with Crippen molar-refractivity contribution in [2.75, 3.05) is 13.2 Å². The Balaban J connectivity index is 2.28. The van der Waals surface area contributed by atoms with Gasteiger partial charge in [0.15, 0.2) is 0 Å². The average Bonchev–Trinajstić information content (AvgIpc) is 2.32. The molecule has 0 bridgehead atoms. The number of nitrogens with one attached hydrogen (secondary N) is 1. The van der Waals surface area contributed by atoms with Crippen LogP contribution in [0, 0.1) is 0 Å². The monoisotopic (exact) mass is 185 g/mol. The number of aliphatic hydroxyl groups excluding tert-OH is 1. The van der Waals surface area contributed by atoms with Crippen molar-refractivity contribution in [2.45, 2.75) is 24.9 Å². The normalized spacial score (nSPS) is 31.0. The van der Waals surface area contributed by atoms with Crippen LogP contribution in [0.5, 0.6) is 0 Å². The summed E-state index contributed by atoms with van der Waals surface area (Å²) in [5.74, 6) is 0. The maximum Gasteiger partial charge on any atom is 0.522 e. The predicted molar refractivity (Wildman–Crippen MR) is 34.4 cm³/mol. The molecule has 12 heavy (non-hydrogen) atoms. The van der Waals surface area contributed by atoms with Crippen molar-refractivity contribution in [1.82, 2.24) is 5.32 Å². The average molecular weight is 185 g/mol. The first kappa shape index (κ1) is 9.76. The molecule has 2 N–H and O–H groups in total. The Kier molecular flexibility index (Phi) is 2.92. The van der Waals surface area contributed by atoms with Crippen molar-refractivity contribution in [3.63, 3.8) is 0 Å². The van der Waals surface area contributed by atoms with E-state index < -0.39 is 12.5 Å². The van der Waals surface area contributed by atoms with Gasteiger partial charge >= 0.3 is 6.36 Å². The highest BCUT2D eigenvalue weighted by Gasteiger charge is 2.36. The van der Waals surface area contributed by atoms with E-state index in [-0.39, 0.29) is 25.6 Å². The number of aliphatic hydroxyl groups is 1. The molecule has 3 nitrogen and oxygen atoms in total. The van der Waals surface area contributed by atoms with E-state index in [1.165, 1.54) is 0 Å². The van der Waals surface area contributed by atoms with Gasteiger partial charge in [-0.1, -0.05) is 0 Å². The largest absolute Gasteiger partial charge is 0.522 e. The Morgan fingerprint density at radius 1 is 1.50 bits per heavy atom. The number of alkyl halides is 3. The highest BCUT2D eigenvalue weighted by molar-refractivity contribution is 4.81. The van der Waals surface area contributed by atoms with Gasteiger partial charge in [-0.05, 0) is 6.42 Å². The topological polar surface area (TPSA) is 41.5 Å². The van der Waals surface area contributed by atoms with Gasteiger partial charge in [0, 0.05) is 12.6 Å². The second-order valence-corrected chi connectivity index (χ2v) is 2.71. The van der Waals surface area contributed by atoms with E-state index >= 15 is 0 Å². The number of halogens is 3. The van der Waals surface area contributed by atoms with Crippen molar-refractivity contribution < 1.29 is 23.0 Å². The summed E-state index contributed by atoms with van der Waals surface area (Å²) in [5, 5.41) is 11.3. The molecule has 6 heteroatoms. The minimum Gasteiger partial charge on any atom is -0.395 e. The molecule has 0 aromatic heterocycles. The van der Waals surface area contributed by atoms with E-state index in [9.17, 15) is 13.2 Å². The van der Waals surface area contributed by atoms with Gasteiger partial charge in [-0.15, -0.1) is 13.2 Å². The Bertz CT molecular complexity index is 150. The smallest absolute Gasteiger partial charge is 0.395 e. The molecule has 1 saturated heterocycles. The van der Waals surface area contributed by atoms with Crippen LogP contribution in [0.4, 0.5) is 13.2 Å². The van der Waals surface area contributed by atoms with Crippen molar-refractivity contribution in [3.8, 4) is 0 Å². The summed E-state index contributed by atoms with van der Waals surface area (Å²) in [6, 6.07) is -0.266. The van der Waals surface area contributed by atoms with Crippen LogP contribution in [-0.2, 0) is 4.74 Å². The first-order chi connectivity index (χ1) is 5.51. The van der Waals surface area contributed by atoms with Crippen molar-refractivity contribution in [2.24, 2.45) is 0 Å². The lowest BCUT2D eigenvalue weighted by molar-refractivity contribution is -0.340. The number of hydrogen-bond donors (Lipinski definition) is 2. The summed E-state index contributed by atoms with van der Waals surface area (Å²) in [6.07, 6.45) is -5.23. The first-order valence-electron chi connectivity index (χ1n) is 3.60. The molecule has 1 heterocycles. The Morgan fingerprint density at radius 3 is 2.58 bits per heavy atom. The summed E-state index contributed by atoms with van der Waals surface area (Å²) in [6.45, 7) is -0.0115. The van der Waals surface area contributed by atoms with Crippen molar-refractivity contribution in [3.05, 3.63) is 0 Å². The highest BCUT2D eigenvalue weighted by atomic mass is 19.4. The van der Waals surface area contributed by atoms with Gasteiger partial charge in [0.05, 0.1) is 12.7 Å². The van der Waals surface area contributed by atoms with Gasteiger partial charge in [0.2, 0.25) is 0 Å². The molecule has 72 valence electrons. The number of rotatable bonds is 2. The SMILES string of the molecule is OC[C@@H]1C[C@@H](OC(F)(F)F)CN1. The lowest BCUT2D eigenvalue weighted by atomic mass is 10.2. The minimum absolute atomic E-state index is 0.144. The lowest BCUT2D eigenvalue weighted by Crippen LogP contribution is -2.26. The maximum absolute atomic E-state index is 11.6. The van der Waals surface area contributed by atoms with Crippen LogP contribution in [0.1, 0.15) is 6.42 Å². The Labute approximate surface area is 67.5 Å². The molecular weight excluding hydrogens is 175 g/mol. The third kappa shape index (κ3) is 2.96. The zero-order chi connectivity index (χ0) is 9.19. The van der Waals surface area contributed by atoms with Crippen molar-refractivity contribution >= 4 is 0 Å². The second-order valence-electron chi connectivity index (χ2n) is 2.71. The van der Waals surface area contributed by atoms with Crippen LogP contribution in [-0.4, -0.2) is 36.8 Å². The molecule has 0 saturated carbocycles. The molecule has 0 radical (unpaired) electrons. The van der Waals surface area contributed by atoms with E-state index in [4.69, 9.17) is 5.11 Å². The summed E-state index contributed by atoms with van der Waals surface area (Å²) in [5.41, 5.74) is 0. The summed E-state index contributed by atoms with van der Waals surface area (Å²) < 4.78 is 38.6. The third-order valence-corrected chi connectivity index (χ3v) is 1.70. The fraction of sp³-hybridized carbons (Fsp3) is 1.00.